The minimum Gasteiger partial charge on any atom is -0.474 e. The second-order valence-corrected chi connectivity index (χ2v) is 3.19. The largest absolute Gasteiger partial charge is 0.474 e. The van der Waals surface area contributed by atoms with Gasteiger partial charge >= 0.3 is 11.9 Å². The molecule has 0 aliphatic heterocycles. The van der Waals surface area contributed by atoms with Gasteiger partial charge in [-0.25, -0.2) is 4.79 Å². The molecule has 0 aromatic heterocycles. The third-order valence-electron chi connectivity index (χ3n) is 2.06. The fourth-order valence-corrected chi connectivity index (χ4v) is 1.35. The molecule has 0 heterocycles. The molecule has 15 heavy (non-hydrogen) atoms. The zero-order valence-electron chi connectivity index (χ0n) is 8.73. The van der Waals surface area contributed by atoms with Crippen LogP contribution in [0.15, 0.2) is 24.3 Å². The van der Waals surface area contributed by atoms with Crippen LogP contribution >= 0.6 is 0 Å². The summed E-state index contributed by atoms with van der Waals surface area (Å²) in [7, 11) is 0. The van der Waals surface area contributed by atoms with Crippen LogP contribution in [0.4, 0.5) is 5.69 Å². The molecule has 0 saturated heterocycles. The molecule has 0 spiro atoms. The maximum Gasteiger partial charge on any atom is 0.394 e. The summed E-state index contributed by atoms with van der Waals surface area (Å²) in [5.41, 5.74) is 1.61. The van der Waals surface area contributed by atoms with Crippen LogP contribution in [0.1, 0.15) is 12.5 Å². The molecule has 4 heteroatoms. The fraction of sp³-hybridized carbons (Fsp3) is 0.273. The molecule has 4 nitrogen and oxygen atoms in total. The highest BCUT2D eigenvalue weighted by Crippen LogP contribution is 2.15. The van der Waals surface area contributed by atoms with Gasteiger partial charge in [0, 0.05) is 12.2 Å². The molecule has 0 fully saturated rings. The van der Waals surface area contributed by atoms with Crippen LogP contribution in [-0.2, 0) is 9.59 Å². The van der Waals surface area contributed by atoms with E-state index in [1.54, 1.807) is 25.1 Å². The van der Waals surface area contributed by atoms with E-state index in [1.807, 2.05) is 13.0 Å². The topological polar surface area (TPSA) is 57.6 Å². The number of carbonyl (C=O) groups is 2. The first-order valence-electron chi connectivity index (χ1n) is 4.67. The van der Waals surface area contributed by atoms with Gasteiger partial charge in [-0.15, -0.1) is 0 Å². The lowest BCUT2D eigenvalue weighted by Gasteiger charge is -2.18. The Labute approximate surface area is 88.1 Å². The van der Waals surface area contributed by atoms with Gasteiger partial charge < -0.3 is 10.0 Å². The number of aliphatic carboxylic acids is 1. The van der Waals surface area contributed by atoms with Gasteiger partial charge in [0.05, 0.1) is 0 Å². The van der Waals surface area contributed by atoms with Crippen LogP contribution in [0.3, 0.4) is 0 Å². The Balaban J connectivity index is 3.02. The highest BCUT2D eigenvalue weighted by molar-refractivity contribution is 6.37. The smallest absolute Gasteiger partial charge is 0.394 e. The molecule has 0 aliphatic carbocycles. The number of anilines is 1. The molecule has 0 atom stereocenters. The Morgan fingerprint density at radius 2 is 2.07 bits per heavy atom. The van der Waals surface area contributed by atoms with Gasteiger partial charge in [0.2, 0.25) is 0 Å². The summed E-state index contributed by atoms with van der Waals surface area (Å²) < 4.78 is 0. The molecular weight excluding hydrogens is 194 g/mol. The summed E-state index contributed by atoms with van der Waals surface area (Å²) in [5, 5.41) is 8.62. The predicted molar refractivity (Wildman–Crippen MR) is 56.8 cm³/mol. The summed E-state index contributed by atoms with van der Waals surface area (Å²) >= 11 is 0. The van der Waals surface area contributed by atoms with E-state index in [9.17, 15) is 9.59 Å². The van der Waals surface area contributed by atoms with Crippen molar-refractivity contribution in [2.24, 2.45) is 0 Å². The first-order valence-corrected chi connectivity index (χ1v) is 4.67. The van der Waals surface area contributed by atoms with Crippen LogP contribution in [0.2, 0.25) is 0 Å². The Morgan fingerprint density at radius 1 is 1.40 bits per heavy atom. The maximum absolute atomic E-state index is 11.3. The molecule has 1 rings (SSSR count). The number of nitrogens with zero attached hydrogens (tertiary/aromatic N) is 1. The van der Waals surface area contributed by atoms with E-state index in [1.165, 1.54) is 4.90 Å². The quantitative estimate of drug-likeness (QED) is 0.746. The van der Waals surface area contributed by atoms with Gasteiger partial charge in [0.1, 0.15) is 0 Å². The summed E-state index contributed by atoms with van der Waals surface area (Å²) in [6.07, 6.45) is 0. The van der Waals surface area contributed by atoms with Gasteiger partial charge in [-0.2, -0.15) is 0 Å². The van der Waals surface area contributed by atoms with E-state index in [-0.39, 0.29) is 0 Å². The lowest BCUT2D eigenvalue weighted by molar-refractivity contribution is -0.148. The number of hydrogen-bond acceptors (Lipinski definition) is 2. The van der Waals surface area contributed by atoms with Gasteiger partial charge in [-0.05, 0) is 31.5 Å². The molecular formula is C11H13NO3. The van der Waals surface area contributed by atoms with E-state index >= 15 is 0 Å². The van der Waals surface area contributed by atoms with Crippen molar-refractivity contribution in [3.63, 3.8) is 0 Å². The zero-order valence-corrected chi connectivity index (χ0v) is 8.73. The van der Waals surface area contributed by atoms with Crippen LogP contribution in [-0.4, -0.2) is 23.5 Å². The van der Waals surface area contributed by atoms with Crippen molar-refractivity contribution in [3.8, 4) is 0 Å². The highest BCUT2D eigenvalue weighted by atomic mass is 16.4. The second kappa shape index (κ2) is 4.59. The number of carboxylic acids is 1. The monoisotopic (exact) mass is 207 g/mol. The van der Waals surface area contributed by atoms with Crippen molar-refractivity contribution in [3.05, 3.63) is 29.8 Å². The number of rotatable bonds is 2. The lowest BCUT2D eigenvalue weighted by Crippen LogP contribution is -2.36. The average Bonchev–Trinajstić information content (AvgIpc) is 2.18. The molecule has 0 radical (unpaired) electrons. The van der Waals surface area contributed by atoms with Crippen molar-refractivity contribution in [2.45, 2.75) is 13.8 Å². The standard InChI is InChI=1S/C11H13NO3/c1-3-12(10(13)11(14)15)9-6-4-5-8(2)7-9/h4-7H,3H2,1-2H3,(H,14,15). The average molecular weight is 207 g/mol. The van der Waals surface area contributed by atoms with E-state index < -0.39 is 11.9 Å². The minimum absolute atomic E-state index is 0.342. The number of benzene rings is 1. The molecule has 0 bridgehead atoms. The second-order valence-electron chi connectivity index (χ2n) is 3.19. The van der Waals surface area contributed by atoms with Gasteiger partial charge in [-0.3, -0.25) is 4.79 Å². The van der Waals surface area contributed by atoms with Crippen LogP contribution in [0, 0.1) is 6.92 Å². The number of likely N-dealkylation sites (N-methyl/N-ethyl adjacent to an activating group) is 1. The summed E-state index contributed by atoms with van der Waals surface area (Å²) in [6.45, 7) is 3.97. The van der Waals surface area contributed by atoms with Crippen molar-refractivity contribution >= 4 is 17.6 Å². The Morgan fingerprint density at radius 3 is 2.53 bits per heavy atom. The molecule has 0 aliphatic rings. The van der Waals surface area contributed by atoms with Crippen molar-refractivity contribution < 1.29 is 14.7 Å². The first kappa shape index (κ1) is 11.2. The van der Waals surface area contributed by atoms with Gasteiger partial charge in [0.25, 0.3) is 0 Å². The third-order valence-corrected chi connectivity index (χ3v) is 2.06. The minimum atomic E-state index is -1.43. The lowest BCUT2D eigenvalue weighted by atomic mass is 10.2. The summed E-state index contributed by atoms with van der Waals surface area (Å²) in [4.78, 5) is 23.1. The Kier molecular flexibility index (Phi) is 3.44. The molecule has 0 unspecified atom stereocenters. The van der Waals surface area contributed by atoms with E-state index in [0.717, 1.165) is 5.56 Å². The number of hydrogen-bond donors (Lipinski definition) is 1. The van der Waals surface area contributed by atoms with Crippen molar-refractivity contribution in [2.75, 3.05) is 11.4 Å². The number of amides is 1. The summed E-state index contributed by atoms with van der Waals surface area (Å²) in [5.74, 6) is -2.33. The number of aryl methyl sites for hydroxylation is 1. The summed E-state index contributed by atoms with van der Waals surface area (Å²) in [6, 6.07) is 7.19. The number of carboxylic acid groups (broad SMARTS) is 1. The Hall–Kier alpha value is -1.84. The first-order chi connectivity index (χ1) is 7.06. The molecule has 1 aromatic carbocycles. The molecule has 1 aromatic rings. The normalized spacial score (nSPS) is 9.73. The van der Waals surface area contributed by atoms with Crippen molar-refractivity contribution in [1.82, 2.24) is 0 Å². The maximum atomic E-state index is 11.3. The molecule has 0 saturated carbocycles. The molecule has 1 amide bonds. The van der Waals surface area contributed by atoms with E-state index in [0.29, 0.717) is 12.2 Å². The third kappa shape index (κ3) is 2.56. The van der Waals surface area contributed by atoms with Crippen LogP contribution in [0.25, 0.3) is 0 Å². The van der Waals surface area contributed by atoms with Gasteiger partial charge in [0.15, 0.2) is 0 Å². The van der Waals surface area contributed by atoms with Crippen LogP contribution in [0.5, 0.6) is 0 Å². The highest BCUT2D eigenvalue weighted by Gasteiger charge is 2.20. The van der Waals surface area contributed by atoms with E-state index in [2.05, 4.69) is 0 Å². The SMILES string of the molecule is CCN(C(=O)C(=O)O)c1cccc(C)c1. The molecule has 1 N–H and O–H groups in total. The van der Waals surface area contributed by atoms with Crippen molar-refractivity contribution in [1.29, 1.82) is 0 Å². The zero-order chi connectivity index (χ0) is 11.4. The number of carbonyl (C=O) groups excluding carboxylic acids is 1. The van der Waals surface area contributed by atoms with E-state index in [4.69, 9.17) is 5.11 Å². The molecule has 80 valence electrons. The Bertz CT molecular complexity index is 387. The van der Waals surface area contributed by atoms with Gasteiger partial charge in [-0.1, -0.05) is 12.1 Å². The fourth-order valence-electron chi connectivity index (χ4n) is 1.35. The van der Waals surface area contributed by atoms with Crippen LogP contribution < -0.4 is 4.90 Å². The predicted octanol–water partition coefficient (Wildman–Crippen LogP) is 1.43.